The molecule has 0 saturated carbocycles. The molecule has 1 nitrogen and oxygen atoms in total. The van der Waals surface area contributed by atoms with Gasteiger partial charge < -0.3 is 4.74 Å². The number of benzene rings is 2. The summed E-state index contributed by atoms with van der Waals surface area (Å²) in [5, 5.41) is 0. The number of aryl methyl sites for hydroxylation is 1. The van der Waals surface area contributed by atoms with Gasteiger partial charge in [-0.1, -0.05) is 30.0 Å². The maximum Gasteiger partial charge on any atom is 0.387 e. The molecule has 0 spiro atoms. The Bertz CT molecular complexity index is 610. The van der Waals surface area contributed by atoms with Crippen LogP contribution in [0, 0.1) is 18.8 Å². The average Bonchev–Trinajstić information content (AvgIpc) is 2.40. The van der Waals surface area contributed by atoms with E-state index in [-0.39, 0.29) is 5.75 Å². The number of halogens is 2. The van der Waals surface area contributed by atoms with E-state index in [0.29, 0.717) is 5.56 Å². The van der Waals surface area contributed by atoms with E-state index >= 15 is 0 Å². The number of ether oxygens (including phenoxy) is 1. The van der Waals surface area contributed by atoms with Crippen molar-refractivity contribution in [1.82, 2.24) is 0 Å². The first-order valence-electron chi connectivity index (χ1n) is 5.77. The van der Waals surface area contributed by atoms with E-state index in [4.69, 9.17) is 0 Å². The number of rotatable bonds is 2. The molecule has 0 aliphatic rings. The molecule has 0 N–H and O–H groups in total. The van der Waals surface area contributed by atoms with E-state index in [0.717, 1.165) is 11.1 Å². The Kier molecular flexibility index (Phi) is 4.15. The minimum atomic E-state index is -2.81. The monoisotopic (exact) mass is 258 g/mol. The molecule has 2 aromatic rings. The van der Waals surface area contributed by atoms with Crippen LogP contribution in [0.1, 0.15) is 16.7 Å². The van der Waals surface area contributed by atoms with Gasteiger partial charge in [0.05, 0.1) is 0 Å². The number of hydrogen-bond acceptors (Lipinski definition) is 1. The second-order valence-electron chi connectivity index (χ2n) is 3.97. The predicted molar refractivity (Wildman–Crippen MR) is 70.2 cm³/mol. The van der Waals surface area contributed by atoms with E-state index in [9.17, 15) is 8.78 Å². The highest BCUT2D eigenvalue weighted by Gasteiger charge is 2.06. The Morgan fingerprint density at radius 3 is 2.26 bits per heavy atom. The highest BCUT2D eigenvalue weighted by Crippen LogP contribution is 2.20. The molecule has 96 valence electrons. The molecule has 0 aliphatic carbocycles. The summed E-state index contributed by atoms with van der Waals surface area (Å²) in [6.07, 6.45) is 0. The molecule has 0 amide bonds. The van der Waals surface area contributed by atoms with Gasteiger partial charge in [-0.25, -0.2) is 0 Å². The van der Waals surface area contributed by atoms with Crippen molar-refractivity contribution in [3.05, 3.63) is 65.2 Å². The highest BCUT2D eigenvalue weighted by atomic mass is 19.3. The van der Waals surface area contributed by atoms with Crippen LogP contribution < -0.4 is 4.74 Å². The van der Waals surface area contributed by atoms with Gasteiger partial charge in [0.15, 0.2) is 0 Å². The van der Waals surface area contributed by atoms with Gasteiger partial charge in [-0.15, -0.1) is 0 Å². The van der Waals surface area contributed by atoms with Gasteiger partial charge in [0, 0.05) is 11.1 Å². The van der Waals surface area contributed by atoms with Crippen LogP contribution in [0.5, 0.6) is 5.75 Å². The molecule has 0 bridgehead atoms. The fourth-order valence-corrected chi connectivity index (χ4v) is 1.62. The molecule has 0 unspecified atom stereocenters. The largest absolute Gasteiger partial charge is 0.435 e. The maximum atomic E-state index is 12.1. The summed E-state index contributed by atoms with van der Waals surface area (Å²) in [5.74, 6) is 6.18. The van der Waals surface area contributed by atoms with E-state index in [1.165, 1.54) is 6.07 Å². The lowest BCUT2D eigenvalue weighted by Crippen LogP contribution is -2.03. The van der Waals surface area contributed by atoms with Crippen LogP contribution in [-0.2, 0) is 0 Å². The van der Waals surface area contributed by atoms with E-state index in [2.05, 4.69) is 16.6 Å². The van der Waals surface area contributed by atoms with Crippen molar-refractivity contribution in [2.75, 3.05) is 0 Å². The Hall–Kier alpha value is -2.34. The summed E-state index contributed by atoms with van der Waals surface area (Å²) in [6.45, 7) is -1.09. The minimum Gasteiger partial charge on any atom is -0.435 e. The molecular weight excluding hydrogens is 246 g/mol. The molecule has 0 fully saturated rings. The van der Waals surface area contributed by atoms with Crippen molar-refractivity contribution in [3.8, 4) is 17.6 Å². The van der Waals surface area contributed by atoms with E-state index in [1.54, 1.807) is 19.1 Å². The molecule has 0 aliphatic heterocycles. The first-order chi connectivity index (χ1) is 9.15. The van der Waals surface area contributed by atoms with Crippen LogP contribution in [0.2, 0.25) is 0 Å². The van der Waals surface area contributed by atoms with Crippen LogP contribution in [0.4, 0.5) is 8.78 Å². The SMILES string of the molecule is Cc1cc(C#Cc2ccccc2)ccc1OC(F)F. The minimum absolute atomic E-state index is 0.181. The normalized spacial score (nSPS) is 9.89. The number of alkyl halides is 2. The Morgan fingerprint density at radius 2 is 1.63 bits per heavy atom. The third-order valence-electron chi connectivity index (χ3n) is 2.52. The molecule has 19 heavy (non-hydrogen) atoms. The van der Waals surface area contributed by atoms with Crippen molar-refractivity contribution in [2.24, 2.45) is 0 Å². The zero-order valence-electron chi connectivity index (χ0n) is 10.4. The molecule has 0 saturated heterocycles. The zero-order valence-corrected chi connectivity index (χ0v) is 10.4. The third kappa shape index (κ3) is 3.82. The van der Waals surface area contributed by atoms with Crippen molar-refractivity contribution >= 4 is 0 Å². The topological polar surface area (TPSA) is 9.23 Å². The summed E-state index contributed by atoms with van der Waals surface area (Å²) in [5.41, 5.74) is 2.32. The van der Waals surface area contributed by atoms with Crippen LogP contribution in [0.25, 0.3) is 0 Å². The summed E-state index contributed by atoms with van der Waals surface area (Å²) in [7, 11) is 0. The second-order valence-corrected chi connectivity index (χ2v) is 3.97. The summed E-state index contributed by atoms with van der Waals surface area (Å²) in [4.78, 5) is 0. The third-order valence-corrected chi connectivity index (χ3v) is 2.52. The second kappa shape index (κ2) is 6.01. The van der Waals surface area contributed by atoms with Gasteiger partial charge in [0.2, 0.25) is 0 Å². The average molecular weight is 258 g/mol. The van der Waals surface area contributed by atoms with Crippen molar-refractivity contribution in [3.63, 3.8) is 0 Å². The predicted octanol–water partition coefficient (Wildman–Crippen LogP) is 4.00. The molecule has 0 atom stereocenters. The summed E-state index contributed by atoms with van der Waals surface area (Å²) in [6, 6.07) is 14.5. The smallest absolute Gasteiger partial charge is 0.387 e. The van der Waals surface area contributed by atoms with Crippen LogP contribution in [0.15, 0.2) is 48.5 Å². The van der Waals surface area contributed by atoms with Crippen molar-refractivity contribution < 1.29 is 13.5 Å². The zero-order chi connectivity index (χ0) is 13.7. The summed E-state index contributed by atoms with van der Waals surface area (Å²) >= 11 is 0. The van der Waals surface area contributed by atoms with Gasteiger partial charge in [-0.2, -0.15) is 8.78 Å². The molecule has 0 heterocycles. The van der Waals surface area contributed by atoms with E-state index in [1.807, 2.05) is 30.3 Å². The molecule has 2 aromatic carbocycles. The Balaban J connectivity index is 2.19. The number of hydrogen-bond donors (Lipinski definition) is 0. The van der Waals surface area contributed by atoms with Crippen LogP contribution >= 0.6 is 0 Å². The van der Waals surface area contributed by atoms with E-state index < -0.39 is 6.61 Å². The fraction of sp³-hybridized carbons (Fsp3) is 0.125. The van der Waals surface area contributed by atoms with Gasteiger partial charge in [0.25, 0.3) is 0 Å². The first-order valence-corrected chi connectivity index (χ1v) is 5.77. The lowest BCUT2D eigenvalue weighted by Gasteiger charge is -2.07. The highest BCUT2D eigenvalue weighted by molar-refractivity contribution is 5.47. The van der Waals surface area contributed by atoms with Crippen molar-refractivity contribution in [2.45, 2.75) is 13.5 Å². The quantitative estimate of drug-likeness (QED) is 0.740. The lowest BCUT2D eigenvalue weighted by molar-refractivity contribution is -0.0502. The summed E-state index contributed by atoms with van der Waals surface area (Å²) < 4.78 is 28.6. The van der Waals surface area contributed by atoms with Gasteiger partial charge in [-0.3, -0.25) is 0 Å². The maximum absolute atomic E-state index is 12.1. The fourth-order valence-electron chi connectivity index (χ4n) is 1.62. The Labute approximate surface area is 110 Å². The van der Waals surface area contributed by atoms with Gasteiger partial charge in [0.1, 0.15) is 5.75 Å². The van der Waals surface area contributed by atoms with Crippen molar-refractivity contribution in [1.29, 1.82) is 0 Å². The lowest BCUT2D eigenvalue weighted by atomic mass is 10.1. The molecule has 0 radical (unpaired) electrons. The molecule has 2 rings (SSSR count). The molecular formula is C16H12F2O. The van der Waals surface area contributed by atoms with Gasteiger partial charge in [-0.05, 0) is 42.8 Å². The molecule has 3 heteroatoms. The first kappa shape index (κ1) is 13.1. The Morgan fingerprint density at radius 1 is 0.947 bits per heavy atom. The van der Waals surface area contributed by atoms with Crippen LogP contribution in [-0.4, -0.2) is 6.61 Å². The van der Waals surface area contributed by atoms with Gasteiger partial charge >= 0.3 is 6.61 Å². The van der Waals surface area contributed by atoms with Crippen LogP contribution in [0.3, 0.4) is 0 Å². The standard InChI is InChI=1S/C16H12F2O/c1-12-11-14(9-10-15(12)19-16(17)18)8-7-13-5-3-2-4-6-13/h2-6,9-11,16H,1H3. The molecule has 0 aromatic heterocycles.